The molecule has 0 amide bonds. The molecule has 78 valence electrons. The van der Waals surface area contributed by atoms with Crippen LogP contribution in [0.4, 0.5) is 8.78 Å². The normalized spacial score (nSPS) is 13.9. The van der Waals surface area contributed by atoms with E-state index in [9.17, 15) is 13.6 Å². The van der Waals surface area contributed by atoms with Crippen LogP contribution in [0.1, 0.15) is 19.8 Å². The molecular weight excluding hydrogens is 198 g/mol. The van der Waals surface area contributed by atoms with Gasteiger partial charge in [0.1, 0.15) is 0 Å². The zero-order valence-corrected chi connectivity index (χ0v) is 8.61. The molecule has 5 heteroatoms. The van der Waals surface area contributed by atoms with Crippen molar-refractivity contribution >= 4 is 18.6 Å². The lowest BCUT2D eigenvalue weighted by Crippen LogP contribution is -2.20. The Kier molecular flexibility index (Phi) is 5.29. The molecule has 0 radical (unpaired) electrons. The molecule has 0 aliphatic heterocycles. The van der Waals surface area contributed by atoms with Gasteiger partial charge >= 0.3 is 5.97 Å². The van der Waals surface area contributed by atoms with E-state index in [0.29, 0.717) is 0 Å². The summed E-state index contributed by atoms with van der Waals surface area (Å²) in [5, 5.41) is 0. The number of esters is 1. The second kappa shape index (κ2) is 5.42. The number of methoxy groups -OCH3 is 1. The van der Waals surface area contributed by atoms with E-state index in [1.165, 1.54) is 7.11 Å². The van der Waals surface area contributed by atoms with Crippen LogP contribution in [-0.4, -0.2) is 24.8 Å². The molecule has 0 aliphatic carbocycles. The fourth-order valence-corrected chi connectivity index (χ4v) is 1.29. The quantitative estimate of drug-likeness (QED) is 0.558. The molecule has 1 atom stereocenters. The lowest BCUT2D eigenvalue weighted by Gasteiger charge is -2.17. The van der Waals surface area contributed by atoms with E-state index in [1.54, 1.807) is 0 Å². The van der Waals surface area contributed by atoms with E-state index in [-0.39, 0.29) is 18.6 Å². The van der Waals surface area contributed by atoms with Crippen LogP contribution in [0.2, 0.25) is 0 Å². The van der Waals surface area contributed by atoms with Crippen LogP contribution in [0, 0.1) is 5.92 Å². The van der Waals surface area contributed by atoms with Gasteiger partial charge in [0.05, 0.1) is 7.11 Å². The molecule has 0 bridgehead atoms. The molecule has 0 aliphatic rings. The summed E-state index contributed by atoms with van der Waals surface area (Å²) < 4.78 is 29.4. The molecule has 0 heterocycles. The molecule has 0 aromatic heterocycles. The molecule has 0 aromatic carbocycles. The van der Waals surface area contributed by atoms with E-state index in [2.05, 4.69) is 17.4 Å². The van der Waals surface area contributed by atoms with Crippen molar-refractivity contribution < 1.29 is 18.3 Å². The second-order valence-electron chi connectivity index (χ2n) is 3.10. The first-order valence-corrected chi connectivity index (χ1v) is 4.57. The van der Waals surface area contributed by atoms with Crippen LogP contribution < -0.4 is 0 Å². The summed E-state index contributed by atoms with van der Waals surface area (Å²) >= 11 is 3.90. The maximum Gasteiger partial charge on any atom is 0.305 e. The lowest BCUT2D eigenvalue weighted by molar-refractivity contribution is -0.142. The summed E-state index contributed by atoms with van der Waals surface area (Å²) in [7, 11) is 1.24. The van der Waals surface area contributed by atoms with Crippen molar-refractivity contribution in [1.29, 1.82) is 0 Å². The highest BCUT2D eigenvalue weighted by Crippen LogP contribution is 2.25. The van der Waals surface area contributed by atoms with Gasteiger partial charge < -0.3 is 4.74 Å². The van der Waals surface area contributed by atoms with Gasteiger partial charge in [-0.3, -0.25) is 4.79 Å². The van der Waals surface area contributed by atoms with Crippen molar-refractivity contribution in [3.63, 3.8) is 0 Å². The molecule has 0 spiro atoms. The topological polar surface area (TPSA) is 26.3 Å². The van der Waals surface area contributed by atoms with E-state index in [1.807, 2.05) is 0 Å². The third-order valence-electron chi connectivity index (χ3n) is 1.59. The Morgan fingerprint density at radius 3 is 2.46 bits per heavy atom. The lowest BCUT2D eigenvalue weighted by atomic mass is 10.0. The average Bonchev–Trinajstić information content (AvgIpc) is 2.00. The van der Waals surface area contributed by atoms with E-state index >= 15 is 0 Å². The van der Waals surface area contributed by atoms with Crippen LogP contribution >= 0.6 is 12.6 Å². The molecule has 0 rings (SSSR count). The van der Waals surface area contributed by atoms with Crippen molar-refractivity contribution in [3.8, 4) is 0 Å². The highest BCUT2D eigenvalue weighted by molar-refractivity contribution is 7.80. The summed E-state index contributed by atoms with van der Waals surface area (Å²) in [5.74, 6) is -3.38. The van der Waals surface area contributed by atoms with Gasteiger partial charge in [-0.1, -0.05) is 0 Å². The summed E-state index contributed by atoms with van der Waals surface area (Å²) in [5.41, 5.74) is 0. The minimum atomic E-state index is -2.75. The van der Waals surface area contributed by atoms with Crippen LogP contribution in [-0.2, 0) is 9.53 Å². The molecule has 2 nitrogen and oxygen atoms in total. The second-order valence-corrected chi connectivity index (χ2v) is 3.47. The molecule has 0 fully saturated rings. The van der Waals surface area contributed by atoms with Gasteiger partial charge in [-0.15, -0.1) is 0 Å². The van der Waals surface area contributed by atoms with Crippen molar-refractivity contribution in [3.05, 3.63) is 0 Å². The van der Waals surface area contributed by atoms with Crippen molar-refractivity contribution in [2.45, 2.75) is 25.7 Å². The van der Waals surface area contributed by atoms with Crippen molar-refractivity contribution in [2.75, 3.05) is 12.9 Å². The number of thiol groups is 1. The number of carbonyl (C=O) groups is 1. The maximum atomic E-state index is 12.5. The Balaban J connectivity index is 3.97. The number of ether oxygens (including phenoxy) is 1. The fraction of sp³-hybridized carbons (Fsp3) is 0.875. The van der Waals surface area contributed by atoms with Gasteiger partial charge in [-0.05, 0) is 18.6 Å². The number of hydrogen-bond donors (Lipinski definition) is 1. The number of hydrogen-bond acceptors (Lipinski definition) is 3. The Bertz CT molecular complexity index is 168. The third-order valence-corrected chi connectivity index (χ3v) is 2.10. The first-order valence-electron chi connectivity index (χ1n) is 3.94. The van der Waals surface area contributed by atoms with Gasteiger partial charge in [-0.2, -0.15) is 12.6 Å². The molecule has 1 unspecified atom stereocenters. The molecule has 13 heavy (non-hydrogen) atoms. The molecular formula is C8H14F2O2S. The minimum Gasteiger partial charge on any atom is -0.469 e. The third kappa shape index (κ3) is 6.81. The Labute approximate surface area is 82.1 Å². The van der Waals surface area contributed by atoms with Crippen LogP contribution in [0.15, 0.2) is 0 Å². The molecule has 0 aromatic rings. The van der Waals surface area contributed by atoms with E-state index in [4.69, 9.17) is 0 Å². The first-order chi connectivity index (χ1) is 5.89. The Hall–Kier alpha value is -0.320. The van der Waals surface area contributed by atoms with E-state index in [0.717, 1.165) is 6.92 Å². The van der Waals surface area contributed by atoms with Gasteiger partial charge in [0.25, 0.3) is 0 Å². The zero-order chi connectivity index (χ0) is 10.5. The SMILES string of the molecule is COC(=O)CC(CS)CC(C)(F)F. The minimum absolute atomic E-state index is 0.00340. The Morgan fingerprint density at radius 2 is 2.15 bits per heavy atom. The molecule has 0 N–H and O–H groups in total. The smallest absolute Gasteiger partial charge is 0.305 e. The Morgan fingerprint density at radius 1 is 1.62 bits per heavy atom. The fourth-order valence-electron chi connectivity index (χ4n) is 1.03. The average molecular weight is 212 g/mol. The molecule has 0 saturated heterocycles. The van der Waals surface area contributed by atoms with Crippen LogP contribution in [0.3, 0.4) is 0 Å². The number of rotatable bonds is 5. The summed E-state index contributed by atoms with van der Waals surface area (Å²) in [6, 6.07) is 0. The highest BCUT2D eigenvalue weighted by Gasteiger charge is 2.27. The van der Waals surface area contributed by atoms with Crippen molar-refractivity contribution in [1.82, 2.24) is 0 Å². The maximum absolute atomic E-state index is 12.5. The molecule has 0 saturated carbocycles. The van der Waals surface area contributed by atoms with Gasteiger partial charge in [0.2, 0.25) is 5.92 Å². The van der Waals surface area contributed by atoms with Gasteiger partial charge in [0, 0.05) is 12.8 Å². The predicted molar refractivity (Wildman–Crippen MR) is 49.2 cm³/mol. The van der Waals surface area contributed by atoms with Crippen molar-refractivity contribution in [2.24, 2.45) is 5.92 Å². The van der Waals surface area contributed by atoms with Crippen LogP contribution in [0.25, 0.3) is 0 Å². The summed E-state index contributed by atoms with van der Waals surface area (Å²) in [6.07, 6.45) is -0.324. The summed E-state index contributed by atoms with van der Waals surface area (Å²) in [4.78, 5) is 10.8. The standard InChI is InChI=1S/C8H14F2O2S/c1-8(9,10)4-6(5-13)3-7(11)12-2/h6,13H,3-5H2,1-2H3. The number of halogens is 2. The van der Waals surface area contributed by atoms with Gasteiger partial charge in [-0.25, -0.2) is 8.78 Å². The zero-order valence-electron chi connectivity index (χ0n) is 7.72. The first kappa shape index (κ1) is 12.7. The highest BCUT2D eigenvalue weighted by atomic mass is 32.1. The number of alkyl halides is 2. The van der Waals surface area contributed by atoms with Crippen LogP contribution in [0.5, 0.6) is 0 Å². The summed E-state index contributed by atoms with van der Waals surface area (Å²) in [6.45, 7) is 0.834. The predicted octanol–water partition coefficient (Wildman–Crippen LogP) is 2.14. The van der Waals surface area contributed by atoms with E-state index < -0.39 is 17.8 Å². The number of carbonyl (C=O) groups excluding carboxylic acids is 1. The van der Waals surface area contributed by atoms with Gasteiger partial charge in [0.15, 0.2) is 0 Å². The monoisotopic (exact) mass is 212 g/mol. The largest absolute Gasteiger partial charge is 0.469 e.